The molecule has 116 valence electrons. The van der Waals surface area contributed by atoms with Gasteiger partial charge in [0.2, 0.25) is 20.0 Å². The van der Waals surface area contributed by atoms with E-state index in [1.807, 2.05) is 0 Å². The minimum atomic E-state index is -5.00. The Kier molecular flexibility index (Phi) is 6.42. The molecular weight excluding hydrogens is 328 g/mol. The van der Waals surface area contributed by atoms with Gasteiger partial charge in [0.05, 0.1) is 0 Å². The van der Waals surface area contributed by atoms with Crippen LogP contribution in [0.2, 0.25) is 0 Å². The van der Waals surface area contributed by atoms with Crippen molar-refractivity contribution in [1.29, 1.82) is 0 Å². The van der Waals surface area contributed by atoms with Crippen LogP contribution in [0.25, 0.3) is 0 Å². The molecule has 17 heteroatoms. The van der Waals surface area contributed by atoms with Gasteiger partial charge in [-0.1, -0.05) is 15.0 Å². The average molecular weight is 338 g/mol. The van der Waals surface area contributed by atoms with Gasteiger partial charge in [-0.3, -0.25) is 0 Å². The van der Waals surface area contributed by atoms with E-state index in [1.165, 1.54) is 0 Å². The normalized spacial score (nSPS) is 15.3. The Morgan fingerprint density at radius 3 is 0.950 bits per heavy atom. The predicted octanol–water partition coefficient (Wildman–Crippen LogP) is -3.88. The third-order valence-electron chi connectivity index (χ3n) is 1.67. The zero-order chi connectivity index (χ0) is 16.1. The van der Waals surface area contributed by atoms with Crippen LogP contribution < -0.4 is 0 Å². The van der Waals surface area contributed by atoms with E-state index in [1.54, 1.807) is 0 Å². The molecule has 16 nitrogen and oxygen atoms in total. The molecule has 0 aromatic rings. The monoisotopic (exact) mass is 338 g/mol. The Morgan fingerprint density at radius 2 is 0.850 bits per heavy atom. The second-order valence-corrected chi connectivity index (χ2v) is 5.13. The second kappa shape index (κ2) is 7.07. The summed E-state index contributed by atoms with van der Waals surface area (Å²) in [5.74, 6) is 0. The minimum absolute atomic E-state index is 0.370. The standard InChI is InChI=1S/C3H6N6O6.4H2O.Ti/c10-7(11)4-1-5(8(12)13)3-6(2-4)9(14)15;;;;;/h1-3H2;4*1H2;/q;;;;;+4/p-4. The first kappa shape index (κ1) is 18.2. The summed E-state index contributed by atoms with van der Waals surface area (Å²) in [6.45, 7) is -1.78. The summed E-state index contributed by atoms with van der Waals surface area (Å²) >= 11 is -5.00. The molecule has 0 aliphatic carbocycles. The number of rotatable bonds is 3. The molecule has 0 radical (unpaired) electrons. The van der Waals surface area contributed by atoms with E-state index < -0.39 is 53.2 Å². The van der Waals surface area contributed by atoms with E-state index in [0.29, 0.717) is 15.0 Å². The first-order chi connectivity index (χ1) is 8.91. The van der Waals surface area contributed by atoms with Crippen LogP contribution in [-0.4, -0.2) is 64.9 Å². The van der Waals surface area contributed by atoms with Gasteiger partial charge in [0.15, 0.2) is 15.1 Å². The van der Waals surface area contributed by atoms with Crippen molar-refractivity contribution >= 4 is 0 Å². The summed E-state index contributed by atoms with van der Waals surface area (Å²) in [4.78, 5) is 31.0. The van der Waals surface area contributed by atoms with E-state index in [-0.39, 0.29) is 0 Å². The van der Waals surface area contributed by atoms with Crippen molar-refractivity contribution in [3.05, 3.63) is 30.3 Å². The topological polar surface area (TPSA) is 220 Å². The summed E-state index contributed by atoms with van der Waals surface area (Å²) in [7, 11) is 0. The first-order valence-electron chi connectivity index (χ1n) is 4.49. The van der Waals surface area contributed by atoms with Crippen LogP contribution in [0.1, 0.15) is 0 Å². The van der Waals surface area contributed by atoms with E-state index in [2.05, 4.69) is 0 Å². The van der Waals surface area contributed by atoms with Crippen molar-refractivity contribution in [2.75, 3.05) is 20.0 Å². The van der Waals surface area contributed by atoms with Crippen molar-refractivity contribution in [1.82, 2.24) is 15.0 Å². The summed E-state index contributed by atoms with van der Waals surface area (Å²) < 4.78 is 29.5. The number of hydrazine groups is 3. The van der Waals surface area contributed by atoms with Gasteiger partial charge >= 0.3 is 32.9 Å². The van der Waals surface area contributed by atoms with Gasteiger partial charge in [-0.25, -0.2) is 30.3 Å². The van der Waals surface area contributed by atoms with Crippen molar-refractivity contribution in [3.63, 3.8) is 0 Å². The van der Waals surface area contributed by atoms with E-state index in [4.69, 9.17) is 14.8 Å². The van der Waals surface area contributed by atoms with Crippen LogP contribution >= 0.6 is 0 Å². The van der Waals surface area contributed by atoms with E-state index in [0.717, 1.165) is 0 Å². The van der Waals surface area contributed by atoms with Crippen molar-refractivity contribution in [2.24, 2.45) is 0 Å². The molecule has 1 saturated heterocycles. The number of nitrogens with zero attached hydrogens (tertiary/aromatic N) is 6. The van der Waals surface area contributed by atoms with E-state index in [9.17, 15) is 30.3 Å². The Balaban J connectivity index is 0.000000621. The zero-order valence-corrected chi connectivity index (χ0v) is 11.1. The Morgan fingerprint density at radius 1 is 0.700 bits per heavy atom. The summed E-state index contributed by atoms with van der Waals surface area (Å²) in [6, 6.07) is 0. The third kappa shape index (κ3) is 7.56. The molecule has 0 saturated carbocycles. The van der Waals surface area contributed by atoms with Gasteiger partial charge in [0.25, 0.3) is 0 Å². The molecule has 1 aliphatic rings. The van der Waals surface area contributed by atoms with Crippen LogP contribution in [0.4, 0.5) is 0 Å². The average Bonchev–Trinajstić information content (AvgIpc) is 2.25. The Hall–Kier alpha value is -1.85. The molecule has 0 spiro atoms. The maximum atomic E-state index is 10.3. The third-order valence-corrected chi connectivity index (χ3v) is 1.67. The summed E-state index contributed by atoms with van der Waals surface area (Å²) in [6.07, 6.45) is 0. The zero-order valence-electron chi connectivity index (χ0n) is 9.54. The van der Waals surface area contributed by atoms with Crippen molar-refractivity contribution in [2.45, 2.75) is 0 Å². The van der Waals surface area contributed by atoms with Crippen molar-refractivity contribution < 1.29 is 48.0 Å². The van der Waals surface area contributed by atoms with Gasteiger partial charge in [-0.15, -0.1) is 0 Å². The molecule has 1 fully saturated rings. The maximum absolute atomic E-state index is 10.3. The van der Waals surface area contributed by atoms with E-state index >= 15 is 0 Å². The Bertz CT molecular complexity index is 324. The molecule has 0 unspecified atom stereocenters. The number of hydrogen-bond donors (Lipinski definition) is 4. The number of hydrogen-bond acceptors (Lipinski definition) is 10. The fourth-order valence-electron chi connectivity index (χ4n) is 1.01. The van der Waals surface area contributed by atoms with Gasteiger partial charge in [-0.2, -0.15) is 0 Å². The second-order valence-electron chi connectivity index (χ2n) is 3.26. The van der Waals surface area contributed by atoms with Gasteiger partial charge in [0, 0.05) is 0 Å². The molecule has 1 aliphatic heterocycles. The molecule has 20 heavy (non-hydrogen) atoms. The molecule has 0 aromatic carbocycles. The summed E-state index contributed by atoms with van der Waals surface area (Å²) in [5.41, 5.74) is 0. The molecule has 0 amide bonds. The van der Waals surface area contributed by atoms with Crippen molar-refractivity contribution in [3.8, 4) is 0 Å². The molecular formula is C3H10N6O10Ti. The quantitative estimate of drug-likeness (QED) is 0.220. The predicted molar refractivity (Wildman–Crippen MR) is 50.0 cm³/mol. The molecule has 1 heterocycles. The fourth-order valence-corrected chi connectivity index (χ4v) is 1.01. The van der Waals surface area contributed by atoms with Crippen LogP contribution in [0.15, 0.2) is 0 Å². The molecule has 1 rings (SSSR count). The molecule has 0 bridgehead atoms. The van der Waals surface area contributed by atoms with Crippen LogP contribution in [0.3, 0.4) is 0 Å². The summed E-state index contributed by atoms with van der Waals surface area (Å²) in [5, 5.41) is 29.3. The van der Waals surface area contributed by atoms with Crippen LogP contribution in [0.5, 0.6) is 0 Å². The fraction of sp³-hybridized carbons (Fsp3) is 1.00. The van der Waals surface area contributed by atoms with Gasteiger partial charge in [0.1, 0.15) is 0 Å². The van der Waals surface area contributed by atoms with Gasteiger partial charge in [-0.05, 0) is 0 Å². The SMILES string of the molecule is O=[N+]([O-])N1CN([N+](=O)[O-])CN([N+](=O)[O-])C1.[OH][Ti]([OH])([OH])[OH]. The molecule has 0 atom stereocenters. The van der Waals surface area contributed by atoms with Crippen LogP contribution in [-0.2, 0) is 18.1 Å². The first-order valence-corrected chi connectivity index (χ1v) is 7.28. The Labute approximate surface area is 114 Å². The van der Waals surface area contributed by atoms with Crippen LogP contribution in [0, 0.1) is 30.3 Å². The van der Waals surface area contributed by atoms with Gasteiger partial charge < -0.3 is 0 Å². The molecule has 0 aromatic heterocycles. The molecule has 4 N–H and O–H groups in total. The number of nitro groups is 3.